The number of ether oxygens (including phenoxy) is 1. The third-order valence-electron chi connectivity index (χ3n) is 4.98. The molecule has 0 aliphatic heterocycles. The SMILES string of the molecule is CCCCCCCCCCCCCCCCOCC(O)CN[C@H](C)C(=O)O. The minimum absolute atomic E-state index is 0.242. The molecule has 0 aromatic rings. The average molecular weight is 388 g/mol. The monoisotopic (exact) mass is 387 g/mol. The Morgan fingerprint density at radius 1 is 0.852 bits per heavy atom. The van der Waals surface area contributed by atoms with Crippen LogP contribution in [0.2, 0.25) is 0 Å². The molecule has 0 aliphatic rings. The van der Waals surface area contributed by atoms with Gasteiger partial charge in [0.1, 0.15) is 6.04 Å². The number of carbonyl (C=O) groups is 1. The predicted octanol–water partition coefficient (Wildman–Crippen LogP) is 4.91. The van der Waals surface area contributed by atoms with Gasteiger partial charge in [0.05, 0.1) is 12.7 Å². The van der Waals surface area contributed by atoms with Gasteiger partial charge in [0, 0.05) is 13.2 Å². The normalized spacial score (nSPS) is 13.6. The Bertz CT molecular complexity index is 325. The molecule has 0 amide bonds. The van der Waals surface area contributed by atoms with E-state index < -0.39 is 18.1 Å². The zero-order valence-electron chi connectivity index (χ0n) is 17.9. The lowest BCUT2D eigenvalue weighted by atomic mass is 10.0. The molecule has 2 atom stereocenters. The molecule has 0 spiro atoms. The van der Waals surface area contributed by atoms with Gasteiger partial charge in [-0.1, -0.05) is 90.4 Å². The Balaban J connectivity index is 3.17. The van der Waals surface area contributed by atoms with Crippen molar-refractivity contribution in [3.63, 3.8) is 0 Å². The molecule has 5 nitrogen and oxygen atoms in total. The van der Waals surface area contributed by atoms with Crippen molar-refractivity contribution in [3.8, 4) is 0 Å². The van der Waals surface area contributed by atoms with E-state index >= 15 is 0 Å². The number of nitrogens with one attached hydrogen (secondary N) is 1. The van der Waals surface area contributed by atoms with E-state index in [1.165, 1.54) is 83.5 Å². The average Bonchev–Trinajstić information content (AvgIpc) is 2.65. The third kappa shape index (κ3) is 19.9. The molecule has 0 aromatic heterocycles. The van der Waals surface area contributed by atoms with E-state index in [0.29, 0.717) is 6.61 Å². The van der Waals surface area contributed by atoms with E-state index in [0.717, 1.165) is 6.42 Å². The second-order valence-corrected chi connectivity index (χ2v) is 7.79. The van der Waals surface area contributed by atoms with Gasteiger partial charge in [0.15, 0.2) is 0 Å². The molecule has 0 saturated heterocycles. The maximum Gasteiger partial charge on any atom is 0.320 e. The first kappa shape index (κ1) is 26.4. The maximum atomic E-state index is 10.7. The lowest BCUT2D eigenvalue weighted by Gasteiger charge is -2.14. The summed E-state index contributed by atoms with van der Waals surface area (Å²) < 4.78 is 5.46. The smallest absolute Gasteiger partial charge is 0.320 e. The molecule has 1 unspecified atom stereocenters. The molecule has 0 aliphatic carbocycles. The highest BCUT2D eigenvalue weighted by molar-refractivity contribution is 5.72. The number of unbranched alkanes of at least 4 members (excludes halogenated alkanes) is 13. The minimum atomic E-state index is -0.912. The summed E-state index contributed by atoms with van der Waals surface area (Å²) in [6.45, 7) is 5.00. The summed E-state index contributed by atoms with van der Waals surface area (Å²) in [6, 6.07) is -0.648. The Morgan fingerprint density at radius 2 is 1.30 bits per heavy atom. The second-order valence-electron chi connectivity index (χ2n) is 7.79. The molecule has 0 fully saturated rings. The number of aliphatic hydroxyl groups is 1. The van der Waals surface area contributed by atoms with Crippen LogP contribution in [0.5, 0.6) is 0 Å². The Kier molecular flexibility index (Phi) is 19.6. The molecule has 27 heavy (non-hydrogen) atoms. The molecule has 0 rings (SSSR count). The van der Waals surface area contributed by atoms with Gasteiger partial charge >= 0.3 is 5.97 Å². The van der Waals surface area contributed by atoms with Gasteiger partial charge in [-0.3, -0.25) is 4.79 Å². The van der Waals surface area contributed by atoms with Crippen LogP contribution in [0.3, 0.4) is 0 Å². The van der Waals surface area contributed by atoms with Crippen molar-refractivity contribution in [2.75, 3.05) is 19.8 Å². The van der Waals surface area contributed by atoms with Crippen molar-refractivity contribution in [2.24, 2.45) is 0 Å². The molecule has 0 saturated carbocycles. The molecule has 162 valence electrons. The summed E-state index contributed by atoms with van der Waals surface area (Å²) >= 11 is 0. The fourth-order valence-electron chi connectivity index (χ4n) is 3.08. The molecule has 0 radical (unpaired) electrons. The Morgan fingerprint density at radius 3 is 1.74 bits per heavy atom. The van der Waals surface area contributed by atoms with Crippen LogP contribution in [0.15, 0.2) is 0 Å². The Hall–Kier alpha value is -0.650. The predicted molar refractivity (Wildman–Crippen MR) is 112 cm³/mol. The van der Waals surface area contributed by atoms with Gasteiger partial charge in [-0.25, -0.2) is 0 Å². The van der Waals surface area contributed by atoms with Crippen molar-refractivity contribution in [3.05, 3.63) is 0 Å². The van der Waals surface area contributed by atoms with Crippen molar-refractivity contribution < 1.29 is 19.7 Å². The van der Waals surface area contributed by atoms with Crippen LogP contribution < -0.4 is 5.32 Å². The van der Waals surface area contributed by atoms with Crippen LogP contribution in [0.4, 0.5) is 0 Å². The van der Waals surface area contributed by atoms with Crippen LogP contribution in [0.25, 0.3) is 0 Å². The molecule has 5 heteroatoms. The highest BCUT2D eigenvalue weighted by atomic mass is 16.5. The fourth-order valence-corrected chi connectivity index (χ4v) is 3.08. The van der Waals surface area contributed by atoms with E-state index in [1.54, 1.807) is 6.92 Å². The van der Waals surface area contributed by atoms with Crippen LogP contribution in [-0.4, -0.2) is 48.1 Å². The summed E-state index contributed by atoms with van der Waals surface area (Å²) in [5.41, 5.74) is 0. The van der Waals surface area contributed by atoms with Crippen LogP contribution in [-0.2, 0) is 9.53 Å². The number of carboxylic acid groups (broad SMARTS) is 1. The van der Waals surface area contributed by atoms with Crippen molar-refractivity contribution in [1.82, 2.24) is 5.32 Å². The molecular weight excluding hydrogens is 342 g/mol. The fraction of sp³-hybridized carbons (Fsp3) is 0.955. The lowest BCUT2D eigenvalue weighted by molar-refractivity contribution is -0.139. The molecule has 0 aromatic carbocycles. The quantitative estimate of drug-likeness (QED) is 0.244. The van der Waals surface area contributed by atoms with E-state index in [4.69, 9.17) is 9.84 Å². The van der Waals surface area contributed by atoms with Gasteiger partial charge in [0.25, 0.3) is 0 Å². The van der Waals surface area contributed by atoms with E-state index in [-0.39, 0.29) is 13.2 Å². The van der Waals surface area contributed by atoms with Gasteiger partial charge in [-0.2, -0.15) is 0 Å². The molecular formula is C22H45NO4. The highest BCUT2D eigenvalue weighted by Gasteiger charge is 2.12. The molecule has 0 bridgehead atoms. The third-order valence-corrected chi connectivity index (χ3v) is 4.98. The van der Waals surface area contributed by atoms with Crippen molar-refractivity contribution in [2.45, 2.75) is 116 Å². The van der Waals surface area contributed by atoms with Crippen LogP contribution >= 0.6 is 0 Å². The first-order chi connectivity index (χ1) is 13.1. The van der Waals surface area contributed by atoms with Crippen LogP contribution in [0.1, 0.15) is 104 Å². The Labute approximate surface area is 167 Å². The summed E-state index contributed by atoms with van der Waals surface area (Å²) in [4.78, 5) is 10.7. The lowest BCUT2D eigenvalue weighted by Crippen LogP contribution is -2.40. The first-order valence-electron chi connectivity index (χ1n) is 11.3. The number of aliphatic hydroxyl groups excluding tert-OH is 1. The van der Waals surface area contributed by atoms with Gasteiger partial charge in [-0.05, 0) is 13.3 Å². The van der Waals surface area contributed by atoms with Crippen LogP contribution in [0, 0.1) is 0 Å². The number of aliphatic carboxylic acids is 1. The number of hydrogen-bond donors (Lipinski definition) is 3. The van der Waals surface area contributed by atoms with E-state index in [2.05, 4.69) is 12.2 Å². The molecule has 3 N–H and O–H groups in total. The standard InChI is InChI=1S/C22H45NO4/c1-3-4-5-6-7-8-9-10-11-12-13-14-15-16-17-27-19-21(24)18-23-20(2)22(25)26/h20-21,23-24H,3-19H2,1-2H3,(H,25,26)/t20-,21?/m1/s1. The largest absolute Gasteiger partial charge is 0.480 e. The number of carboxylic acids is 1. The minimum Gasteiger partial charge on any atom is -0.480 e. The second kappa shape index (κ2) is 20.1. The highest BCUT2D eigenvalue weighted by Crippen LogP contribution is 2.12. The van der Waals surface area contributed by atoms with Gasteiger partial charge in [-0.15, -0.1) is 0 Å². The van der Waals surface area contributed by atoms with Crippen molar-refractivity contribution in [1.29, 1.82) is 0 Å². The van der Waals surface area contributed by atoms with E-state index in [1.807, 2.05) is 0 Å². The summed E-state index contributed by atoms with van der Waals surface area (Å²) in [5.74, 6) is -0.912. The van der Waals surface area contributed by atoms with Crippen molar-refractivity contribution >= 4 is 5.97 Å². The van der Waals surface area contributed by atoms with Gasteiger partial charge in [0.2, 0.25) is 0 Å². The summed E-state index contributed by atoms with van der Waals surface area (Å²) in [7, 11) is 0. The molecule has 0 heterocycles. The summed E-state index contributed by atoms with van der Waals surface area (Å²) in [6.07, 6.45) is 18.1. The van der Waals surface area contributed by atoms with E-state index in [9.17, 15) is 9.90 Å². The zero-order chi connectivity index (χ0) is 20.2. The number of rotatable bonds is 21. The zero-order valence-corrected chi connectivity index (χ0v) is 17.9. The number of hydrogen-bond acceptors (Lipinski definition) is 4. The van der Waals surface area contributed by atoms with Gasteiger partial charge < -0.3 is 20.3 Å². The first-order valence-corrected chi connectivity index (χ1v) is 11.3. The summed E-state index contributed by atoms with van der Waals surface area (Å²) in [5, 5.41) is 21.2. The maximum absolute atomic E-state index is 10.7. The topological polar surface area (TPSA) is 78.8 Å².